The Kier molecular flexibility index (Phi) is 7.86. The molecule has 0 saturated carbocycles. The number of nitrogens with one attached hydrogen (secondary N) is 2. The molecule has 0 saturated heterocycles. The molecule has 0 aromatic heterocycles. The van der Waals surface area contributed by atoms with Crippen LogP contribution in [0.1, 0.15) is 37.6 Å². The van der Waals surface area contributed by atoms with Crippen LogP contribution in [0.2, 0.25) is 5.02 Å². The minimum atomic E-state index is -3.70. The van der Waals surface area contributed by atoms with Crippen LogP contribution in [-0.4, -0.2) is 27.5 Å². The van der Waals surface area contributed by atoms with Crippen LogP contribution in [-0.2, 0) is 10.0 Å². The predicted molar refractivity (Wildman–Crippen MR) is 112 cm³/mol. The molecule has 0 bridgehead atoms. The second-order valence-electron chi connectivity index (χ2n) is 6.64. The minimum absolute atomic E-state index is 0.0566. The third kappa shape index (κ3) is 6.22. The van der Waals surface area contributed by atoms with Crippen LogP contribution in [0.15, 0.2) is 47.4 Å². The molecule has 0 aliphatic rings. The lowest BCUT2D eigenvalue weighted by Gasteiger charge is -2.14. The first kappa shape index (κ1) is 22.2. The number of amides is 1. The smallest absolute Gasteiger partial charge is 0.255 e. The largest absolute Gasteiger partial charge is 0.492 e. The summed E-state index contributed by atoms with van der Waals surface area (Å²) in [6, 6.07) is 10.9. The normalized spacial score (nSPS) is 11.5. The zero-order chi connectivity index (χ0) is 20.7. The number of carbonyl (C=O) groups is 1. The standard InChI is InChI=1S/C20H25ClN2O4S/c1-4-27-19-9-8-17(28(25,26)22-11-10-14(2)3)13-18(19)23-20(24)15-6-5-7-16(21)12-15/h5-9,12-14,22H,4,10-11H2,1-3H3,(H,23,24). The summed E-state index contributed by atoms with van der Waals surface area (Å²) in [5.41, 5.74) is 0.636. The maximum absolute atomic E-state index is 12.6. The van der Waals surface area contributed by atoms with E-state index in [0.29, 0.717) is 35.4 Å². The van der Waals surface area contributed by atoms with E-state index in [1.807, 2.05) is 13.8 Å². The number of ether oxygens (including phenoxy) is 1. The lowest BCUT2D eigenvalue weighted by Crippen LogP contribution is -2.26. The van der Waals surface area contributed by atoms with Gasteiger partial charge in [-0.3, -0.25) is 4.79 Å². The lowest BCUT2D eigenvalue weighted by atomic mass is 10.1. The molecule has 0 aliphatic carbocycles. The topological polar surface area (TPSA) is 84.5 Å². The number of hydrogen-bond donors (Lipinski definition) is 2. The van der Waals surface area contributed by atoms with Gasteiger partial charge in [0.25, 0.3) is 5.91 Å². The molecule has 8 heteroatoms. The quantitative estimate of drug-likeness (QED) is 0.628. The Bertz CT molecular complexity index is 930. The third-order valence-electron chi connectivity index (χ3n) is 3.91. The molecule has 0 aliphatic heterocycles. The Morgan fingerprint density at radius 1 is 1.18 bits per heavy atom. The van der Waals surface area contributed by atoms with Crippen LogP contribution in [0, 0.1) is 5.92 Å². The number of anilines is 1. The maximum Gasteiger partial charge on any atom is 0.255 e. The van der Waals surface area contributed by atoms with E-state index in [1.54, 1.807) is 25.1 Å². The van der Waals surface area contributed by atoms with Crippen LogP contribution in [0.3, 0.4) is 0 Å². The predicted octanol–water partition coefficient (Wildman–Crippen LogP) is 4.32. The van der Waals surface area contributed by atoms with Gasteiger partial charge in [-0.15, -0.1) is 0 Å². The monoisotopic (exact) mass is 424 g/mol. The Balaban J connectivity index is 2.28. The van der Waals surface area contributed by atoms with Crippen LogP contribution in [0.4, 0.5) is 5.69 Å². The van der Waals surface area contributed by atoms with Crippen LogP contribution >= 0.6 is 11.6 Å². The van der Waals surface area contributed by atoms with Gasteiger partial charge in [0.15, 0.2) is 0 Å². The molecule has 2 aromatic rings. The Morgan fingerprint density at radius 3 is 2.57 bits per heavy atom. The van der Waals surface area contributed by atoms with Crippen LogP contribution in [0.25, 0.3) is 0 Å². The maximum atomic E-state index is 12.6. The summed E-state index contributed by atoms with van der Waals surface area (Å²) in [6.45, 7) is 6.57. The van der Waals surface area contributed by atoms with Gasteiger partial charge < -0.3 is 10.1 Å². The molecular formula is C20H25ClN2O4S. The van der Waals surface area contributed by atoms with Crippen LogP contribution < -0.4 is 14.8 Å². The number of benzene rings is 2. The van der Waals surface area contributed by atoms with E-state index in [1.165, 1.54) is 24.3 Å². The van der Waals surface area contributed by atoms with Crippen molar-refractivity contribution in [3.05, 3.63) is 53.1 Å². The summed E-state index contributed by atoms with van der Waals surface area (Å²) in [7, 11) is -3.70. The molecule has 152 valence electrons. The molecule has 0 fully saturated rings. The summed E-state index contributed by atoms with van der Waals surface area (Å²) >= 11 is 5.94. The molecule has 0 heterocycles. The van der Waals surface area contributed by atoms with E-state index in [2.05, 4.69) is 10.0 Å². The van der Waals surface area contributed by atoms with Crippen molar-refractivity contribution in [2.75, 3.05) is 18.5 Å². The molecule has 0 unspecified atom stereocenters. The number of rotatable bonds is 9. The van der Waals surface area contributed by atoms with Crippen molar-refractivity contribution in [1.29, 1.82) is 0 Å². The van der Waals surface area contributed by atoms with Gasteiger partial charge in [0.05, 0.1) is 17.2 Å². The van der Waals surface area contributed by atoms with Crippen molar-refractivity contribution < 1.29 is 17.9 Å². The van der Waals surface area contributed by atoms with Crippen molar-refractivity contribution in [3.8, 4) is 5.75 Å². The van der Waals surface area contributed by atoms with Gasteiger partial charge in [0.1, 0.15) is 5.75 Å². The Morgan fingerprint density at radius 2 is 1.93 bits per heavy atom. The van der Waals surface area contributed by atoms with Gasteiger partial charge >= 0.3 is 0 Å². The molecule has 28 heavy (non-hydrogen) atoms. The molecule has 2 N–H and O–H groups in total. The van der Waals surface area contributed by atoms with E-state index in [9.17, 15) is 13.2 Å². The number of halogens is 1. The van der Waals surface area contributed by atoms with Gasteiger partial charge in [-0.2, -0.15) is 0 Å². The average molecular weight is 425 g/mol. The van der Waals surface area contributed by atoms with E-state index in [0.717, 1.165) is 6.42 Å². The van der Waals surface area contributed by atoms with Gasteiger partial charge in [0, 0.05) is 17.1 Å². The summed E-state index contributed by atoms with van der Waals surface area (Å²) in [5, 5.41) is 3.14. The Labute approximate surface area is 171 Å². The summed E-state index contributed by atoms with van der Waals surface area (Å²) in [5.74, 6) is 0.361. The molecular weight excluding hydrogens is 400 g/mol. The molecule has 2 aromatic carbocycles. The van der Waals surface area contributed by atoms with Crippen molar-refractivity contribution >= 4 is 33.2 Å². The number of hydrogen-bond acceptors (Lipinski definition) is 4. The van der Waals surface area contributed by atoms with E-state index >= 15 is 0 Å². The van der Waals surface area contributed by atoms with Gasteiger partial charge in [-0.1, -0.05) is 31.5 Å². The SMILES string of the molecule is CCOc1ccc(S(=O)(=O)NCCC(C)C)cc1NC(=O)c1cccc(Cl)c1. The summed E-state index contributed by atoms with van der Waals surface area (Å²) < 4.78 is 33.2. The summed E-state index contributed by atoms with van der Waals surface area (Å²) in [6.07, 6.45) is 0.731. The van der Waals surface area contributed by atoms with Gasteiger partial charge in [-0.05, 0) is 55.7 Å². The molecule has 1 amide bonds. The molecule has 0 atom stereocenters. The first-order chi connectivity index (χ1) is 13.2. The lowest BCUT2D eigenvalue weighted by molar-refractivity contribution is 0.102. The number of carbonyl (C=O) groups excluding carboxylic acids is 1. The molecule has 6 nitrogen and oxygen atoms in total. The van der Waals surface area contributed by atoms with Gasteiger partial charge in [-0.25, -0.2) is 13.1 Å². The van der Waals surface area contributed by atoms with Crippen molar-refractivity contribution in [3.63, 3.8) is 0 Å². The average Bonchev–Trinajstić information content (AvgIpc) is 2.62. The fraction of sp³-hybridized carbons (Fsp3) is 0.350. The van der Waals surface area contributed by atoms with Crippen molar-refractivity contribution in [2.24, 2.45) is 5.92 Å². The number of sulfonamides is 1. The summed E-state index contributed by atoms with van der Waals surface area (Å²) in [4.78, 5) is 12.6. The van der Waals surface area contributed by atoms with E-state index in [4.69, 9.17) is 16.3 Å². The minimum Gasteiger partial charge on any atom is -0.492 e. The van der Waals surface area contributed by atoms with Gasteiger partial charge in [0.2, 0.25) is 10.0 Å². The van der Waals surface area contributed by atoms with Crippen molar-refractivity contribution in [1.82, 2.24) is 4.72 Å². The van der Waals surface area contributed by atoms with Crippen molar-refractivity contribution in [2.45, 2.75) is 32.1 Å². The highest BCUT2D eigenvalue weighted by atomic mass is 35.5. The third-order valence-corrected chi connectivity index (χ3v) is 5.60. The fourth-order valence-electron chi connectivity index (χ4n) is 2.44. The van der Waals surface area contributed by atoms with E-state index in [-0.39, 0.29) is 10.6 Å². The second-order valence-corrected chi connectivity index (χ2v) is 8.84. The molecule has 0 spiro atoms. The Hall–Kier alpha value is -2.09. The zero-order valence-corrected chi connectivity index (χ0v) is 17.7. The first-order valence-electron chi connectivity index (χ1n) is 9.06. The highest BCUT2D eigenvalue weighted by molar-refractivity contribution is 7.89. The zero-order valence-electron chi connectivity index (χ0n) is 16.2. The highest BCUT2D eigenvalue weighted by Gasteiger charge is 2.18. The van der Waals surface area contributed by atoms with E-state index < -0.39 is 15.9 Å². The second kappa shape index (κ2) is 9.91. The molecule has 0 radical (unpaired) electrons. The first-order valence-corrected chi connectivity index (χ1v) is 10.9. The highest BCUT2D eigenvalue weighted by Crippen LogP contribution is 2.28. The van der Waals surface area contributed by atoms with Crippen LogP contribution in [0.5, 0.6) is 5.75 Å². The molecule has 2 rings (SSSR count). The fourth-order valence-corrected chi connectivity index (χ4v) is 3.71.